The van der Waals surface area contributed by atoms with Crippen molar-refractivity contribution in [1.29, 1.82) is 0 Å². The summed E-state index contributed by atoms with van der Waals surface area (Å²) in [6, 6.07) is 9.99. The molecular weight excluding hydrogens is 196 g/mol. The van der Waals surface area contributed by atoms with E-state index in [0.29, 0.717) is 0 Å². The molecule has 0 bridgehead atoms. The van der Waals surface area contributed by atoms with Crippen molar-refractivity contribution in [3.05, 3.63) is 30.3 Å². The van der Waals surface area contributed by atoms with E-state index in [1.807, 2.05) is 30.3 Å². The van der Waals surface area contributed by atoms with Crippen LogP contribution in [0.15, 0.2) is 30.3 Å². The quantitative estimate of drug-likeness (QED) is 0.657. The molecule has 1 aromatic carbocycles. The number of aromatic amines is 1. The molecule has 0 aliphatic heterocycles. The van der Waals surface area contributed by atoms with Crippen LogP contribution in [-0.2, 0) is 0 Å². The van der Waals surface area contributed by atoms with Crippen molar-refractivity contribution >= 4 is 21.9 Å². The van der Waals surface area contributed by atoms with E-state index in [0.717, 1.165) is 21.6 Å². The van der Waals surface area contributed by atoms with Crippen LogP contribution in [0.25, 0.3) is 21.6 Å². The Morgan fingerprint density at radius 1 is 1.07 bits per heavy atom. The van der Waals surface area contributed by atoms with Crippen LogP contribution in [0.3, 0.4) is 0 Å². The number of H-pyrrole nitrogens is 1. The average Bonchev–Trinajstić information content (AvgIpc) is 2.79. The molecule has 14 heavy (non-hydrogen) atoms. The fourth-order valence-corrected chi connectivity index (χ4v) is 2.04. The van der Waals surface area contributed by atoms with Crippen molar-refractivity contribution < 1.29 is 0 Å². The first-order chi connectivity index (χ1) is 6.95. The van der Waals surface area contributed by atoms with E-state index >= 15 is 0 Å². The molecule has 0 amide bonds. The molecule has 0 atom stereocenters. The molecular formula is C9H6N4S. The number of rotatable bonds is 1. The van der Waals surface area contributed by atoms with Gasteiger partial charge >= 0.3 is 0 Å². The summed E-state index contributed by atoms with van der Waals surface area (Å²) in [4.78, 5) is 0.851. The fraction of sp³-hybridized carbons (Fsp3) is 0. The van der Waals surface area contributed by atoms with E-state index in [1.165, 1.54) is 11.5 Å². The van der Waals surface area contributed by atoms with Crippen LogP contribution in [-0.4, -0.2) is 19.8 Å². The molecule has 0 spiro atoms. The number of aromatic nitrogens is 4. The molecule has 0 aliphatic rings. The summed E-state index contributed by atoms with van der Waals surface area (Å²) in [5, 5.41) is 10.6. The molecule has 5 heteroatoms. The topological polar surface area (TPSA) is 54.5 Å². The van der Waals surface area contributed by atoms with Crippen molar-refractivity contribution in [2.45, 2.75) is 0 Å². The zero-order chi connectivity index (χ0) is 9.38. The SMILES string of the molecule is c1ccc(-c2nsc3n[nH]nc23)cc1. The Morgan fingerprint density at radius 3 is 2.79 bits per heavy atom. The van der Waals surface area contributed by atoms with Crippen molar-refractivity contribution in [2.24, 2.45) is 0 Å². The van der Waals surface area contributed by atoms with Gasteiger partial charge in [0.2, 0.25) is 0 Å². The second-order valence-corrected chi connectivity index (χ2v) is 3.63. The molecule has 68 valence electrons. The lowest BCUT2D eigenvalue weighted by molar-refractivity contribution is 0.960. The third kappa shape index (κ3) is 1.03. The Morgan fingerprint density at radius 2 is 1.93 bits per heavy atom. The van der Waals surface area contributed by atoms with Crippen molar-refractivity contribution in [2.75, 3.05) is 0 Å². The lowest BCUT2D eigenvalue weighted by atomic mass is 10.1. The van der Waals surface area contributed by atoms with Gasteiger partial charge < -0.3 is 0 Å². The lowest BCUT2D eigenvalue weighted by Crippen LogP contribution is -1.77. The lowest BCUT2D eigenvalue weighted by Gasteiger charge is -1.93. The van der Waals surface area contributed by atoms with Crippen LogP contribution in [0.2, 0.25) is 0 Å². The monoisotopic (exact) mass is 202 g/mol. The Hall–Kier alpha value is -1.75. The van der Waals surface area contributed by atoms with Crippen LogP contribution in [0.4, 0.5) is 0 Å². The van der Waals surface area contributed by atoms with Gasteiger partial charge in [0.05, 0.1) is 0 Å². The predicted octanol–water partition coefficient (Wildman–Crippen LogP) is 2.08. The summed E-state index contributed by atoms with van der Waals surface area (Å²) < 4.78 is 4.32. The predicted molar refractivity (Wildman–Crippen MR) is 55.0 cm³/mol. The first-order valence-electron chi connectivity index (χ1n) is 4.17. The first kappa shape index (κ1) is 7.64. The second-order valence-electron chi connectivity index (χ2n) is 2.87. The number of fused-ring (bicyclic) bond motifs is 1. The molecule has 2 aromatic heterocycles. The molecule has 3 aromatic rings. The highest BCUT2D eigenvalue weighted by Crippen LogP contribution is 2.26. The highest BCUT2D eigenvalue weighted by Gasteiger charge is 2.10. The Labute approximate surface area is 83.8 Å². The van der Waals surface area contributed by atoms with Crippen LogP contribution >= 0.6 is 11.5 Å². The number of nitrogens with zero attached hydrogens (tertiary/aromatic N) is 3. The van der Waals surface area contributed by atoms with Gasteiger partial charge in [-0.1, -0.05) is 30.3 Å². The summed E-state index contributed by atoms with van der Waals surface area (Å²) in [5.74, 6) is 0. The second kappa shape index (κ2) is 2.88. The van der Waals surface area contributed by atoms with Crippen LogP contribution < -0.4 is 0 Å². The zero-order valence-corrected chi connectivity index (χ0v) is 7.95. The van der Waals surface area contributed by atoms with E-state index in [-0.39, 0.29) is 0 Å². The number of hydrogen-bond acceptors (Lipinski definition) is 4. The van der Waals surface area contributed by atoms with Gasteiger partial charge in [0.1, 0.15) is 5.69 Å². The van der Waals surface area contributed by atoms with Gasteiger partial charge in [-0.2, -0.15) is 14.7 Å². The van der Waals surface area contributed by atoms with Gasteiger partial charge in [-0.05, 0) is 11.5 Å². The van der Waals surface area contributed by atoms with Gasteiger partial charge in [-0.3, -0.25) is 0 Å². The zero-order valence-electron chi connectivity index (χ0n) is 7.14. The minimum atomic E-state index is 0.848. The van der Waals surface area contributed by atoms with Crippen LogP contribution in [0, 0.1) is 0 Å². The van der Waals surface area contributed by atoms with Gasteiger partial charge in [0.15, 0.2) is 10.3 Å². The molecule has 0 radical (unpaired) electrons. The minimum absolute atomic E-state index is 0.848. The van der Waals surface area contributed by atoms with Crippen molar-refractivity contribution in [1.82, 2.24) is 19.8 Å². The Bertz CT molecular complexity index is 554. The molecule has 0 saturated carbocycles. The van der Waals surface area contributed by atoms with E-state index in [2.05, 4.69) is 19.8 Å². The smallest absolute Gasteiger partial charge is 0.186 e. The Balaban J connectivity index is 2.28. The summed E-state index contributed by atoms with van der Waals surface area (Å²) >= 11 is 1.36. The normalized spacial score (nSPS) is 10.9. The summed E-state index contributed by atoms with van der Waals surface area (Å²) in [5.41, 5.74) is 2.83. The van der Waals surface area contributed by atoms with Gasteiger partial charge in [-0.25, -0.2) is 0 Å². The standard InChI is InChI=1S/C9H6N4S/c1-2-4-6(5-3-1)7-8-9(14-12-7)11-13-10-8/h1-5H,(H,10,11,13). The molecule has 1 N–H and O–H groups in total. The van der Waals surface area contributed by atoms with E-state index in [9.17, 15) is 0 Å². The molecule has 0 aliphatic carbocycles. The van der Waals surface area contributed by atoms with Crippen LogP contribution in [0.5, 0.6) is 0 Å². The molecule has 0 unspecified atom stereocenters. The van der Waals surface area contributed by atoms with Crippen molar-refractivity contribution in [3.8, 4) is 11.3 Å². The highest BCUT2D eigenvalue weighted by molar-refractivity contribution is 7.13. The van der Waals surface area contributed by atoms with E-state index < -0.39 is 0 Å². The summed E-state index contributed by atoms with van der Waals surface area (Å²) in [6.07, 6.45) is 0. The van der Waals surface area contributed by atoms with Gasteiger partial charge in [0, 0.05) is 5.56 Å². The first-order valence-corrected chi connectivity index (χ1v) is 4.94. The van der Waals surface area contributed by atoms with Gasteiger partial charge in [0.25, 0.3) is 0 Å². The summed E-state index contributed by atoms with van der Waals surface area (Å²) in [6.45, 7) is 0. The van der Waals surface area contributed by atoms with E-state index in [1.54, 1.807) is 0 Å². The number of benzene rings is 1. The molecule has 3 rings (SSSR count). The molecule has 0 fully saturated rings. The third-order valence-electron chi connectivity index (χ3n) is 2.01. The number of hydrogen-bond donors (Lipinski definition) is 1. The largest absolute Gasteiger partial charge is 0.196 e. The fourth-order valence-electron chi connectivity index (χ4n) is 1.36. The average molecular weight is 202 g/mol. The molecule has 2 heterocycles. The maximum atomic E-state index is 4.32. The highest BCUT2D eigenvalue weighted by atomic mass is 32.1. The van der Waals surface area contributed by atoms with Gasteiger partial charge in [-0.15, -0.1) is 5.10 Å². The minimum Gasteiger partial charge on any atom is -0.196 e. The summed E-state index contributed by atoms with van der Waals surface area (Å²) in [7, 11) is 0. The van der Waals surface area contributed by atoms with Crippen molar-refractivity contribution in [3.63, 3.8) is 0 Å². The Kier molecular flexibility index (Phi) is 1.57. The maximum Gasteiger partial charge on any atom is 0.186 e. The van der Waals surface area contributed by atoms with E-state index in [4.69, 9.17) is 0 Å². The number of nitrogens with one attached hydrogen (secondary N) is 1. The van der Waals surface area contributed by atoms with Crippen LogP contribution in [0.1, 0.15) is 0 Å². The molecule has 0 saturated heterocycles. The maximum absolute atomic E-state index is 4.32. The molecule has 4 nitrogen and oxygen atoms in total. The third-order valence-corrected chi connectivity index (χ3v) is 2.74.